The first-order valence-electron chi connectivity index (χ1n) is 9.54. The maximum atomic E-state index is 13.1. The predicted octanol–water partition coefficient (Wildman–Crippen LogP) is 5.93. The van der Waals surface area contributed by atoms with Gasteiger partial charge in [0.2, 0.25) is 0 Å². The fourth-order valence-corrected chi connectivity index (χ4v) is 4.95. The second kappa shape index (κ2) is 7.30. The molecule has 0 N–H and O–H groups in total. The van der Waals surface area contributed by atoms with Gasteiger partial charge < -0.3 is 4.74 Å². The third-order valence-electron chi connectivity index (χ3n) is 5.32. The average molecular weight is 397 g/mol. The lowest BCUT2D eigenvalue weighted by atomic mass is 9.94. The van der Waals surface area contributed by atoms with Crippen molar-refractivity contribution in [1.29, 1.82) is 0 Å². The Balaban J connectivity index is 1.57. The molecular weight excluding hydrogens is 378 g/mol. The Morgan fingerprint density at radius 3 is 2.76 bits per heavy atom. The van der Waals surface area contributed by atoms with Gasteiger partial charge in [0.25, 0.3) is 0 Å². The molecule has 0 spiro atoms. The van der Waals surface area contributed by atoms with Crippen LogP contribution in [0.15, 0.2) is 71.7 Å². The van der Waals surface area contributed by atoms with Crippen LogP contribution in [0.2, 0.25) is 0 Å². The Labute approximate surface area is 173 Å². The fourth-order valence-electron chi connectivity index (χ4n) is 3.84. The van der Waals surface area contributed by atoms with Gasteiger partial charge >= 0.3 is 0 Å². The highest BCUT2D eigenvalue weighted by atomic mass is 32.1. The van der Waals surface area contributed by atoms with Gasteiger partial charge in [-0.2, -0.15) is 0 Å². The minimum Gasteiger partial charge on any atom is -0.496 e. The van der Waals surface area contributed by atoms with Gasteiger partial charge in [-0.15, -0.1) is 11.3 Å². The lowest BCUT2D eigenvalue weighted by Crippen LogP contribution is -2.06. The van der Waals surface area contributed by atoms with Crippen LogP contribution < -0.4 is 4.74 Å². The third-order valence-corrected chi connectivity index (χ3v) is 6.47. The molecule has 3 aromatic carbocycles. The van der Waals surface area contributed by atoms with Crippen molar-refractivity contribution in [3.05, 3.63) is 89.0 Å². The molecule has 142 valence electrons. The summed E-state index contributed by atoms with van der Waals surface area (Å²) in [4.78, 5) is 18.8. The zero-order chi connectivity index (χ0) is 19.8. The number of ketones is 1. The minimum absolute atomic E-state index is 0.0833. The van der Waals surface area contributed by atoms with E-state index >= 15 is 0 Å². The second-order valence-corrected chi connectivity index (χ2v) is 8.21. The molecule has 0 bridgehead atoms. The molecule has 0 saturated carbocycles. The quantitative estimate of drug-likeness (QED) is 0.391. The number of methoxy groups -OCH3 is 1. The third kappa shape index (κ3) is 3.26. The average Bonchev–Trinajstić information content (AvgIpc) is 3.40. The van der Waals surface area contributed by atoms with E-state index in [9.17, 15) is 4.79 Å². The van der Waals surface area contributed by atoms with Crippen LogP contribution in [0.5, 0.6) is 5.75 Å². The van der Waals surface area contributed by atoms with Gasteiger partial charge in [-0.1, -0.05) is 36.4 Å². The zero-order valence-corrected chi connectivity index (χ0v) is 16.8. The molecule has 29 heavy (non-hydrogen) atoms. The Bertz CT molecular complexity index is 1240. The summed E-state index contributed by atoms with van der Waals surface area (Å²) in [6, 6.07) is 22.3. The van der Waals surface area contributed by atoms with Gasteiger partial charge in [0.15, 0.2) is 5.78 Å². The Morgan fingerprint density at radius 2 is 1.90 bits per heavy atom. The van der Waals surface area contributed by atoms with E-state index in [1.54, 1.807) is 18.4 Å². The molecule has 2 heterocycles. The normalized spacial score (nSPS) is 12.3. The molecule has 4 aromatic rings. The van der Waals surface area contributed by atoms with Gasteiger partial charge in [0.1, 0.15) is 5.75 Å². The zero-order valence-electron chi connectivity index (χ0n) is 16.0. The molecule has 1 aromatic heterocycles. The van der Waals surface area contributed by atoms with Gasteiger partial charge in [-0.25, -0.2) is 0 Å². The Morgan fingerprint density at radius 1 is 1.07 bits per heavy atom. The van der Waals surface area contributed by atoms with Crippen molar-refractivity contribution in [3.63, 3.8) is 0 Å². The van der Waals surface area contributed by atoms with E-state index in [2.05, 4.69) is 35.3 Å². The first-order valence-corrected chi connectivity index (χ1v) is 10.4. The van der Waals surface area contributed by atoms with Crippen LogP contribution in [0.25, 0.3) is 20.5 Å². The van der Waals surface area contributed by atoms with Crippen LogP contribution in [0.1, 0.15) is 27.0 Å². The first-order chi connectivity index (χ1) is 14.2. The number of Topliss-reactive ketones (excluding diaryl/α,β-unsaturated/α-hetero) is 1. The number of hydrogen-bond acceptors (Lipinski definition) is 4. The number of fused-ring (bicyclic) bond motifs is 2. The summed E-state index contributed by atoms with van der Waals surface area (Å²) in [6.07, 6.45) is 2.19. The van der Waals surface area contributed by atoms with Crippen LogP contribution in [-0.2, 0) is 13.0 Å². The number of thiophene rings is 1. The van der Waals surface area contributed by atoms with Crippen LogP contribution in [-0.4, -0.2) is 19.1 Å². The summed E-state index contributed by atoms with van der Waals surface area (Å²) in [5.41, 5.74) is 4.98. The number of rotatable bonds is 5. The molecule has 0 saturated heterocycles. The molecule has 5 rings (SSSR count). The Hall–Kier alpha value is -3.24. The maximum absolute atomic E-state index is 13.1. The van der Waals surface area contributed by atoms with Gasteiger partial charge in [0.05, 0.1) is 13.7 Å². The summed E-state index contributed by atoms with van der Waals surface area (Å²) >= 11 is 1.76. The van der Waals surface area contributed by atoms with E-state index in [1.807, 2.05) is 42.6 Å². The highest BCUT2D eigenvalue weighted by Crippen LogP contribution is 2.38. The van der Waals surface area contributed by atoms with Crippen molar-refractivity contribution in [2.45, 2.75) is 13.0 Å². The monoisotopic (exact) mass is 397 g/mol. The molecule has 1 aliphatic heterocycles. The van der Waals surface area contributed by atoms with Crippen molar-refractivity contribution < 1.29 is 9.53 Å². The van der Waals surface area contributed by atoms with Gasteiger partial charge in [-0.3, -0.25) is 9.79 Å². The van der Waals surface area contributed by atoms with Crippen molar-refractivity contribution in [3.8, 4) is 16.2 Å². The number of nitrogens with zero attached hydrogens (tertiary/aromatic N) is 1. The smallest absolute Gasteiger partial charge is 0.167 e. The SMILES string of the molecule is COc1ccccc1CC(=O)c1cc2c(c(-c3cc4ccccc4s3)c1)CN=C2. The van der Waals surface area contributed by atoms with E-state index in [0.717, 1.165) is 28.0 Å². The standard InChI is InChI=1S/C25H19NO2S/c1-28-23-8-4-2-6-16(23)12-22(27)18-10-19-14-26-15-21(19)20(11-18)25-13-17-7-3-5-9-24(17)29-25/h2-11,13-14H,12,15H2,1H3. The summed E-state index contributed by atoms with van der Waals surface area (Å²) in [6.45, 7) is 0.667. The molecule has 0 atom stereocenters. The van der Waals surface area contributed by atoms with Crippen LogP contribution >= 0.6 is 11.3 Å². The second-order valence-electron chi connectivity index (χ2n) is 7.12. The van der Waals surface area contributed by atoms with Crippen LogP contribution in [0.3, 0.4) is 0 Å². The molecule has 0 unspecified atom stereocenters. The predicted molar refractivity (Wildman–Crippen MR) is 120 cm³/mol. The molecule has 1 aliphatic rings. The summed E-state index contributed by atoms with van der Waals surface area (Å²) in [7, 11) is 1.63. The highest BCUT2D eigenvalue weighted by Gasteiger charge is 2.20. The van der Waals surface area contributed by atoms with Crippen LogP contribution in [0, 0.1) is 0 Å². The number of hydrogen-bond donors (Lipinski definition) is 0. The van der Waals surface area contributed by atoms with E-state index in [1.165, 1.54) is 20.5 Å². The van der Waals surface area contributed by atoms with Crippen molar-refractivity contribution in [1.82, 2.24) is 0 Å². The lowest BCUT2D eigenvalue weighted by Gasteiger charge is -2.11. The maximum Gasteiger partial charge on any atom is 0.167 e. The molecular formula is C25H19NO2S. The van der Waals surface area contributed by atoms with Crippen LogP contribution in [0.4, 0.5) is 0 Å². The van der Waals surface area contributed by atoms with Crippen molar-refractivity contribution in [2.75, 3.05) is 7.11 Å². The summed E-state index contributed by atoms with van der Waals surface area (Å²) in [5.74, 6) is 0.827. The van der Waals surface area contributed by atoms with Crippen molar-refractivity contribution in [2.24, 2.45) is 4.99 Å². The van der Waals surface area contributed by atoms with E-state index in [-0.39, 0.29) is 5.78 Å². The van der Waals surface area contributed by atoms with Gasteiger partial charge in [-0.05, 0) is 52.4 Å². The fraction of sp³-hybridized carbons (Fsp3) is 0.120. The lowest BCUT2D eigenvalue weighted by molar-refractivity contribution is 0.0992. The summed E-state index contributed by atoms with van der Waals surface area (Å²) < 4.78 is 6.66. The van der Waals surface area contributed by atoms with E-state index < -0.39 is 0 Å². The number of carbonyl (C=O) groups excluding carboxylic acids is 1. The number of aliphatic imine (C=N–C) groups is 1. The number of ether oxygens (including phenoxy) is 1. The minimum atomic E-state index is 0.0833. The topological polar surface area (TPSA) is 38.7 Å². The van der Waals surface area contributed by atoms with Gasteiger partial charge in [0, 0.05) is 33.3 Å². The van der Waals surface area contributed by atoms with E-state index in [0.29, 0.717) is 13.0 Å². The molecule has 0 aliphatic carbocycles. The molecule has 4 heteroatoms. The molecule has 0 fully saturated rings. The number of benzene rings is 3. The highest BCUT2D eigenvalue weighted by molar-refractivity contribution is 7.22. The summed E-state index contributed by atoms with van der Waals surface area (Å²) in [5, 5.41) is 1.23. The molecule has 3 nitrogen and oxygen atoms in total. The number of carbonyl (C=O) groups is 1. The molecule has 0 amide bonds. The number of para-hydroxylation sites is 1. The van der Waals surface area contributed by atoms with Crippen molar-refractivity contribution >= 4 is 33.4 Å². The van der Waals surface area contributed by atoms with E-state index in [4.69, 9.17) is 4.74 Å². The largest absolute Gasteiger partial charge is 0.496 e. The Kier molecular flexibility index (Phi) is 4.49. The first kappa shape index (κ1) is 17.8. The molecule has 0 radical (unpaired) electrons.